The number of thioether (sulfide) groups is 1. The molecule has 0 unspecified atom stereocenters. The van der Waals surface area contributed by atoms with Gasteiger partial charge in [0, 0.05) is 22.3 Å². The third-order valence-corrected chi connectivity index (χ3v) is 7.45. The predicted molar refractivity (Wildman–Crippen MR) is 142 cm³/mol. The molecule has 6 nitrogen and oxygen atoms in total. The van der Waals surface area contributed by atoms with Gasteiger partial charge in [-0.1, -0.05) is 78.5 Å². The number of carbonyl (C=O) groups is 1. The van der Waals surface area contributed by atoms with Gasteiger partial charge in [0.25, 0.3) is 0 Å². The molecule has 0 N–H and O–H groups in total. The standard InChI is InChI=1S/C27H19N5OS2/c33-23(32(20-12-6-2-7-13-20)21-14-8-3-9-15-21)17-35-27-30-29-25-24-22(19-10-4-1-5-11-19)16-34-26(24)28-18-31(25)27/h1-16,18H,17H2. The molecule has 6 aromatic rings. The first-order valence-electron chi connectivity index (χ1n) is 11.0. The number of hydrogen-bond acceptors (Lipinski definition) is 6. The number of benzene rings is 3. The van der Waals surface area contributed by atoms with Crippen molar-refractivity contribution in [2.45, 2.75) is 5.16 Å². The van der Waals surface area contributed by atoms with Crippen LogP contribution in [-0.4, -0.2) is 31.2 Å². The number of para-hydroxylation sites is 2. The van der Waals surface area contributed by atoms with Gasteiger partial charge in [0.15, 0.2) is 10.8 Å². The minimum atomic E-state index is -0.0429. The number of anilines is 2. The molecular weight excluding hydrogens is 474 g/mol. The largest absolute Gasteiger partial charge is 0.280 e. The number of fused-ring (bicyclic) bond motifs is 3. The summed E-state index contributed by atoms with van der Waals surface area (Å²) in [5.41, 5.74) is 4.59. The maximum absolute atomic E-state index is 13.4. The first-order valence-corrected chi connectivity index (χ1v) is 12.9. The van der Waals surface area contributed by atoms with Crippen molar-refractivity contribution < 1.29 is 4.79 Å². The molecule has 0 atom stereocenters. The highest BCUT2D eigenvalue weighted by atomic mass is 32.2. The van der Waals surface area contributed by atoms with Crippen LogP contribution in [0.15, 0.2) is 108 Å². The summed E-state index contributed by atoms with van der Waals surface area (Å²) in [7, 11) is 0. The summed E-state index contributed by atoms with van der Waals surface area (Å²) < 4.78 is 1.87. The number of rotatable bonds is 6. The lowest BCUT2D eigenvalue weighted by molar-refractivity contribution is -0.115. The molecule has 0 fully saturated rings. The van der Waals surface area contributed by atoms with Gasteiger partial charge in [0.2, 0.25) is 5.91 Å². The molecule has 0 spiro atoms. The monoisotopic (exact) mass is 493 g/mol. The van der Waals surface area contributed by atoms with E-state index in [-0.39, 0.29) is 11.7 Å². The van der Waals surface area contributed by atoms with E-state index in [0.717, 1.165) is 38.4 Å². The van der Waals surface area contributed by atoms with Gasteiger partial charge in [-0.05, 0) is 29.8 Å². The zero-order valence-corrected chi connectivity index (χ0v) is 20.1. The normalized spacial score (nSPS) is 11.2. The molecule has 0 saturated heterocycles. The van der Waals surface area contributed by atoms with Crippen molar-refractivity contribution in [3.05, 3.63) is 103 Å². The fourth-order valence-corrected chi connectivity index (χ4v) is 5.69. The van der Waals surface area contributed by atoms with Crippen LogP contribution in [0.3, 0.4) is 0 Å². The van der Waals surface area contributed by atoms with Gasteiger partial charge in [-0.3, -0.25) is 14.1 Å². The molecule has 170 valence electrons. The van der Waals surface area contributed by atoms with Crippen LogP contribution >= 0.6 is 23.1 Å². The fraction of sp³-hybridized carbons (Fsp3) is 0.0370. The molecule has 0 aliphatic carbocycles. The second kappa shape index (κ2) is 9.32. The van der Waals surface area contributed by atoms with E-state index in [4.69, 9.17) is 0 Å². The van der Waals surface area contributed by atoms with Crippen LogP contribution < -0.4 is 4.90 Å². The minimum Gasteiger partial charge on any atom is -0.280 e. The van der Waals surface area contributed by atoms with Crippen molar-refractivity contribution in [2.24, 2.45) is 0 Å². The average molecular weight is 494 g/mol. The van der Waals surface area contributed by atoms with Crippen molar-refractivity contribution in [1.82, 2.24) is 19.6 Å². The van der Waals surface area contributed by atoms with Gasteiger partial charge >= 0.3 is 0 Å². The summed E-state index contributed by atoms with van der Waals surface area (Å²) >= 11 is 2.95. The van der Waals surface area contributed by atoms with Gasteiger partial charge in [-0.2, -0.15) is 0 Å². The van der Waals surface area contributed by atoms with Crippen LogP contribution in [0.1, 0.15) is 0 Å². The second-order valence-corrected chi connectivity index (χ2v) is 9.61. The first-order chi connectivity index (χ1) is 17.3. The Balaban J connectivity index is 1.32. The Morgan fingerprint density at radius 3 is 2.14 bits per heavy atom. The summed E-state index contributed by atoms with van der Waals surface area (Å²) in [6.07, 6.45) is 1.74. The highest BCUT2D eigenvalue weighted by Gasteiger charge is 2.20. The number of aromatic nitrogens is 4. The summed E-state index contributed by atoms with van der Waals surface area (Å²) in [5, 5.41) is 12.6. The number of thiophene rings is 1. The quantitative estimate of drug-likeness (QED) is 0.249. The number of nitrogens with zero attached hydrogens (tertiary/aromatic N) is 5. The SMILES string of the molecule is O=C(CSc1nnc2c3c(-c4ccccc4)csc3ncn12)N(c1ccccc1)c1ccccc1. The molecule has 3 aromatic heterocycles. The van der Waals surface area contributed by atoms with Crippen molar-refractivity contribution in [3.8, 4) is 11.1 Å². The van der Waals surface area contributed by atoms with Gasteiger partial charge < -0.3 is 0 Å². The van der Waals surface area contributed by atoms with Gasteiger partial charge in [0.1, 0.15) is 11.2 Å². The predicted octanol–water partition coefficient (Wildman–Crippen LogP) is 6.46. The highest BCUT2D eigenvalue weighted by Crippen LogP contribution is 2.36. The van der Waals surface area contributed by atoms with Crippen LogP contribution in [0.5, 0.6) is 0 Å². The van der Waals surface area contributed by atoms with E-state index in [9.17, 15) is 4.79 Å². The van der Waals surface area contributed by atoms with E-state index >= 15 is 0 Å². The van der Waals surface area contributed by atoms with Gasteiger partial charge in [0.05, 0.1) is 11.1 Å². The first kappa shape index (κ1) is 21.5. The Bertz CT molecular complexity index is 1580. The zero-order chi connectivity index (χ0) is 23.6. The Labute approximate surface area is 209 Å². The van der Waals surface area contributed by atoms with E-state index in [0.29, 0.717) is 5.16 Å². The average Bonchev–Trinajstić information content (AvgIpc) is 3.53. The smallest absolute Gasteiger partial charge is 0.242 e. The van der Waals surface area contributed by atoms with Crippen LogP contribution in [0.2, 0.25) is 0 Å². The van der Waals surface area contributed by atoms with E-state index < -0.39 is 0 Å². The molecule has 0 aliphatic rings. The lowest BCUT2D eigenvalue weighted by atomic mass is 10.1. The zero-order valence-electron chi connectivity index (χ0n) is 18.5. The Morgan fingerprint density at radius 1 is 0.857 bits per heavy atom. The van der Waals surface area contributed by atoms with E-state index in [1.54, 1.807) is 22.6 Å². The van der Waals surface area contributed by atoms with Gasteiger partial charge in [-0.25, -0.2) is 4.98 Å². The summed E-state index contributed by atoms with van der Waals surface area (Å²) in [4.78, 5) is 20.7. The second-order valence-electron chi connectivity index (χ2n) is 7.81. The third-order valence-electron chi connectivity index (χ3n) is 5.64. The van der Waals surface area contributed by atoms with Crippen LogP contribution in [-0.2, 0) is 4.79 Å². The van der Waals surface area contributed by atoms with Crippen molar-refractivity contribution in [3.63, 3.8) is 0 Å². The molecule has 3 aromatic carbocycles. The van der Waals surface area contributed by atoms with Crippen LogP contribution in [0.4, 0.5) is 11.4 Å². The molecule has 0 radical (unpaired) electrons. The lowest BCUT2D eigenvalue weighted by Crippen LogP contribution is -2.27. The molecule has 35 heavy (non-hydrogen) atoms. The van der Waals surface area contributed by atoms with E-state index in [2.05, 4.69) is 32.7 Å². The molecular formula is C27H19N5OS2. The molecule has 1 amide bonds. The summed E-state index contributed by atoms with van der Waals surface area (Å²) in [6.45, 7) is 0. The maximum atomic E-state index is 13.4. The minimum absolute atomic E-state index is 0.0429. The van der Waals surface area contributed by atoms with Crippen LogP contribution in [0.25, 0.3) is 27.0 Å². The Hall–Kier alpha value is -4.01. The Kier molecular flexibility index (Phi) is 5.73. The number of carbonyl (C=O) groups excluding carboxylic acids is 1. The molecule has 6 rings (SSSR count). The van der Waals surface area contributed by atoms with E-state index in [1.165, 1.54) is 11.8 Å². The Morgan fingerprint density at radius 2 is 1.49 bits per heavy atom. The highest BCUT2D eigenvalue weighted by molar-refractivity contribution is 7.99. The summed E-state index contributed by atoms with van der Waals surface area (Å²) in [5.74, 6) is 0.163. The molecule has 0 aliphatic heterocycles. The van der Waals surface area contributed by atoms with E-state index in [1.807, 2.05) is 83.3 Å². The van der Waals surface area contributed by atoms with Crippen LogP contribution in [0, 0.1) is 0 Å². The number of amides is 1. The van der Waals surface area contributed by atoms with Crippen molar-refractivity contribution in [1.29, 1.82) is 0 Å². The van der Waals surface area contributed by atoms with Crippen molar-refractivity contribution in [2.75, 3.05) is 10.7 Å². The van der Waals surface area contributed by atoms with Crippen molar-refractivity contribution >= 4 is 56.2 Å². The fourth-order valence-electron chi connectivity index (χ4n) is 4.03. The van der Waals surface area contributed by atoms with Gasteiger partial charge in [-0.15, -0.1) is 21.5 Å². The third kappa shape index (κ3) is 4.07. The number of hydrogen-bond donors (Lipinski definition) is 0. The summed E-state index contributed by atoms with van der Waals surface area (Å²) in [6, 6.07) is 29.6. The maximum Gasteiger partial charge on any atom is 0.242 e. The molecule has 8 heteroatoms. The topological polar surface area (TPSA) is 63.4 Å². The molecule has 0 saturated carbocycles. The molecule has 0 bridgehead atoms. The lowest BCUT2D eigenvalue weighted by Gasteiger charge is -2.22. The molecule has 3 heterocycles.